The molecule has 3 rings (SSSR count). The second-order valence-electron chi connectivity index (χ2n) is 4.22. The number of nitrogens with one attached hydrogen (secondary N) is 1. The van der Waals surface area contributed by atoms with Gasteiger partial charge < -0.3 is 0 Å². The van der Waals surface area contributed by atoms with Gasteiger partial charge in [0.1, 0.15) is 5.69 Å². The number of halogens is 1. The second kappa shape index (κ2) is 6.15. The van der Waals surface area contributed by atoms with Crippen LogP contribution in [0.15, 0.2) is 58.5 Å². The van der Waals surface area contributed by atoms with Crippen molar-refractivity contribution in [2.45, 2.75) is 0 Å². The van der Waals surface area contributed by atoms with Crippen LogP contribution in [0.5, 0.6) is 0 Å². The monoisotopic (exact) mass is 359 g/mol. The molecule has 0 saturated carbocycles. The van der Waals surface area contributed by atoms with Gasteiger partial charge in [-0.25, -0.2) is 4.98 Å². The normalized spacial score (nSPS) is 10.3. The molecule has 0 radical (unpaired) electrons. The molecular formula is C15H10BrN3OS. The van der Waals surface area contributed by atoms with Gasteiger partial charge in [0.05, 0.1) is 5.69 Å². The van der Waals surface area contributed by atoms with E-state index in [9.17, 15) is 4.79 Å². The fraction of sp³-hybridized carbons (Fsp3) is 0. The fourth-order valence-corrected chi connectivity index (χ4v) is 2.88. The topological polar surface area (TPSA) is 54.9 Å². The highest BCUT2D eigenvalue weighted by Gasteiger charge is 2.10. The molecule has 1 amide bonds. The Morgan fingerprint density at radius 2 is 2.10 bits per heavy atom. The molecule has 1 N–H and O–H groups in total. The first-order valence-electron chi connectivity index (χ1n) is 6.16. The molecule has 2 heterocycles. The van der Waals surface area contributed by atoms with E-state index in [-0.39, 0.29) is 5.91 Å². The molecule has 0 unspecified atom stereocenters. The summed E-state index contributed by atoms with van der Waals surface area (Å²) in [7, 11) is 0. The highest BCUT2D eigenvalue weighted by Crippen LogP contribution is 2.27. The molecule has 0 saturated heterocycles. The Kier molecular flexibility index (Phi) is 4.08. The van der Waals surface area contributed by atoms with Crippen molar-refractivity contribution in [1.82, 2.24) is 9.97 Å². The van der Waals surface area contributed by atoms with Crippen LogP contribution in [0.2, 0.25) is 0 Å². The van der Waals surface area contributed by atoms with Crippen molar-refractivity contribution >= 4 is 38.3 Å². The molecule has 104 valence electrons. The summed E-state index contributed by atoms with van der Waals surface area (Å²) in [5.41, 5.74) is 2.20. The van der Waals surface area contributed by atoms with Crippen LogP contribution in [0.3, 0.4) is 0 Å². The summed E-state index contributed by atoms with van der Waals surface area (Å²) in [6.07, 6.45) is 1.59. The van der Waals surface area contributed by atoms with E-state index in [4.69, 9.17) is 0 Å². The zero-order chi connectivity index (χ0) is 14.7. The van der Waals surface area contributed by atoms with Gasteiger partial charge in [0.15, 0.2) is 5.13 Å². The van der Waals surface area contributed by atoms with Crippen molar-refractivity contribution in [2.75, 3.05) is 5.32 Å². The quantitative estimate of drug-likeness (QED) is 0.761. The first kappa shape index (κ1) is 13.9. The Morgan fingerprint density at radius 1 is 1.19 bits per heavy atom. The van der Waals surface area contributed by atoms with Crippen molar-refractivity contribution in [3.63, 3.8) is 0 Å². The first-order valence-corrected chi connectivity index (χ1v) is 7.83. The van der Waals surface area contributed by atoms with Crippen LogP contribution >= 0.6 is 27.3 Å². The summed E-state index contributed by atoms with van der Waals surface area (Å²) >= 11 is 4.82. The third kappa shape index (κ3) is 3.34. The van der Waals surface area contributed by atoms with Gasteiger partial charge in [-0.3, -0.25) is 15.1 Å². The van der Waals surface area contributed by atoms with Gasteiger partial charge in [-0.1, -0.05) is 34.1 Å². The van der Waals surface area contributed by atoms with Crippen molar-refractivity contribution < 1.29 is 4.79 Å². The van der Waals surface area contributed by atoms with E-state index in [0.29, 0.717) is 10.8 Å². The number of carbonyl (C=O) groups is 1. The molecule has 0 aliphatic rings. The number of rotatable bonds is 3. The van der Waals surface area contributed by atoms with Crippen molar-refractivity contribution in [3.8, 4) is 11.3 Å². The minimum atomic E-state index is -0.259. The molecule has 1 aromatic carbocycles. The molecule has 2 aromatic heterocycles. The van der Waals surface area contributed by atoms with E-state index >= 15 is 0 Å². The van der Waals surface area contributed by atoms with Gasteiger partial charge in [0.2, 0.25) is 0 Å². The summed E-state index contributed by atoms with van der Waals surface area (Å²) in [5, 5.41) is 5.23. The Bertz CT molecular complexity index is 773. The van der Waals surface area contributed by atoms with E-state index in [1.54, 1.807) is 24.4 Å². The molecule has 0 aliphatic heterocycles. The average molecular weight is 360 g/mol. The molecule has 4 nitrogen and oxygen atoms in total. The summed E-state index contributed by atoms with van der Waals surface area (Å²) in [6.45, 7) is 0. The van der Waals surface area contributed by atoms with Crippen LogP contribution in [0.25, 0.3) is 11.3 Å². The van der Waals surface area contributed by atoms with Crippen LogP contribution < -0.4 is 5.32 Å². The number of hydrogen-bond donors (Lipinski definition) is 1. The SMILES string of the molecule is O=C(Nc1nc(-c2cccc(Br)c2)cs1)c1ccccn1. The molecule has 21 heavy (non-hydrogen) atoms. The molecule has 0 atom stereocenters. The lowest BCUT2D eigenvalue weighted by Crippen LogP contribution is -2.13. The maximum absolute atomic E-state index is 12.0. The Hall–Kier alpha value is -2.05. The van der Waals surface area contributed by atoms with E-state index in [1.807, 2.05) is 29.6 Å². The molecular weight excluding hydrogens is 350 g/mol. The Labute approximate surface area is 134 Å². The van der Waals surface area contributed by atoms with Gasteiger partial charge in [-0.05, 0) is 24.3 Å². The predicted octanol–water partition coefficient (Wildman–Crippen LogP) is 4.22. The lowest BCUT2D eigenvalue weighted by atomic mass is 10.2. The van der Waals surface area contributed by atoms with Crippen molar-refractivity contribution in [3.05, 3.63) is 64.2 Å². The van der Waals surface area contributed by atoms with Crippen molar-refractivity contribution in [1.29, 1.82) is 0 Å². The number of pyridine rings is 1. The van der Waals surface area contributed by atoms with Gasteiger partial charge in [0.25, 0.3) is 5.91 Å². The van der Waals surface area contributed by atoms with Gasteiger partial charge >= 0.3 is 0 Å². The zero-order valence-corrected chi connectivity index (χ0v) is 13.2. The maximum atomic E-state index is 12.0. The Morgan fingerprint density at radius 3 is 2.86 bits per heavy atom. The van der Waals surface area contributed by atoms with Crippen LogP contribution in [-0.2, 0) is 0 Å². The van der Waals surface area contributed by atoms with E-state index < -0.39 is 0 Å². The number of thiazole rings is 1. The summed E-state index contributed by atoms with van der Waals surface area (Å²) < 4.78 is 0.993. The first-order chi connectivity index (χ1) is 10.2. The highest BCUT2D eigenvalue weighted by molar-refractivity contribution is 9.10. The third-order valence-electron chi connectivity index (χ3n) is 2.74. The zero-order valence-electron chi connectivity index (χ0n) is 10.8. The molecule has 6 heteroatoms. The van der Waals surface area contributed by atoms with E-state index in [1.165, 1.54) is 11.3 Å². The lowest BCUT2D eigenvalue weighted by molar-refractivity contribution is 0.102. The number of benzene rings is 1. The van der Waals surface area contributed by atoms with Crippen LogP contribution in [0.1, 0.15) is 10.5 Å². The smallest absolute Gasteiger partial charge is 0.276 e. The third-order valence-corrected chi connectivity index (χ3v) is 3.99. The summed E-state index contributed by atoms with van der Waals surface area (Å²) in [4.78, 5) is 20.4. The maximum Gasteiger partial charge on any atom is 0.276 e. The molecule has 0 aliphatic carbocycles. The van der Waals surface area contributed by atoms with Crippen LogP contribution in [0, 0.1) is 0 Å². The Balaban J connectivity index is 1.78. The van der Waals surface area contributed by atoms with Crippen LogP contribution in [0.4, 0.5) is 5.13 Å². The average Bonchev–Trinajstić information content (AvgIpc) is 2.97. The van der Waals surface area contributed by atoms with Gasteiger partial charge in [0, 0.05) is 21.6 Å². The largest absolute Gasteiger partial charge is 0.296 e. The molecule has 3 aromatic rings. The van der Waals surface area contributed by atoms with Crippen molar-refractivity contribution in [2.24, 2.45) is 0 Å². The second-order valence-corrected chi connectivity index (χ2v) is 5.99. The fourth-order valence-electron chi connectivity index (χ4n) is 1.77. The van der Waals surface area contributed by atoms with E-state index in [2.05, 4.69) is 31.2 Å². The number of carbonyl (C=O) groups excluding carboxylic acids is 1. The minimum absolute atomic E-state index is 0.259. The van der Waals surface area contributed by atoms with Gasteiger partial charge in [-0.2, -0.15) is 0 Å². The van der Waals surface area contributed by atoms with E-state index in [0.717, 1.165) is 15.7 Å². The molecule has 0 bridgehead atoms. The molecule has 0 spiro atoms. The molecule has 0 fully saturated rings. The summed E-state index contributed by atoms with van der Waals surface area (Å²) in [6, 6.07) is 13.1. The standard InChI is InChI=1S/C15H10BrN3OS/c16-11-5-3-4-10(8-11)13-9-21-15(18-13)19-14(20)12-6-1-2-7-17-12/h1-9H,(H,18,19,20). The number of nitrogens with zero attached hydrogens (tertiary/aromatic N) is 2. The highest BCUT2D eigenvalue weighted by atomic mass is 79.9. The number of amides is 1. The number of aromatic nitrogens is 2. The minimum Gasteiger partial charge on any atom is -0.296 e. The lowest BCUT2D eigenvalue weighted by Gasteiger charge is -2.00. The number of hydrogen-bond acceptors (Lipinski definition) is 4. The predicted molar refractivity (Wildman–Crippen MR) is 87.4 cm³/mol. The van der Waals surface area contributed by atoms with Crippen LogP contribution in [-0.4, -0.2) is 15.9 Å². The number of anilines is 1. The summed E-state index contributed by atoms with van der Waals surface area (Å²) in [5.74, 6) is -0.259. The van der Waals surface area contributed by atoms with Gasteiger partial charge in [-0.15, -0.1) is 11.3 Å².